The van der Waals surface area contributed by atoms with E-state index in [-0.39, 0.29) is 12.2 Å². The van der Waals surface area contributed by atoms with Gasteiger partial charge in [0.15, 0.2) is 0 Å². The molecule has 0 bridgehead atoms. The number of carbonyl (C=O) groups excluding carboxylic acids is 1. The Morgan fingerprint density at radius 1 is 1.33 bits per heavy atom. The Hall–Kier alpha value is -0.570. The smallest absolute Gasteiger partial charge is 0.241 e. The Kier molecular flexibility index (Phi) is 4.31. The van der Waals surface area contributed by atoms with Crippen LogP contribution < -0.4 is 5.32 Å². The van der Waals surface area contributed by atoms with E-state index in [2.05, 4.69) is 37.9 Å². The minimum Gasteiger partial charge on any atom is -0.323 e. The molecule has 1 saturated heterocycles. The first-order chi connectivity index (χ1) is 8.52. The topological polar surface area (TPSA) is 32.3 Å². The minimum absolute atomic E-state index is 0.0493. The van der Waals surface area contributed by atoms with Gasteiger partial charge < -0.3 is 4.90 Å². The molecule has 0 aromatic rings. The molecule has 0 aromatic carbocycles. The van der Waals surface area contributed by atoms with E-state index in [0.717, 1.165) is 18.8 Å². The lowest BCUT2D eigenvalue weighted by Gasteiger charge is -2.30. The molecule has 2 aliphatic rings. The molecule has 2 fully saturated rings. The van der Waals surface area contributed by atoms with Crippen LogP contribution in [0.4, 0.5) is 0 Å². The Bertz CT molecular complexity index is 299. The summed E-state index contributed by atoms with van der Waals surface area (Å²) >= 11 is 0. The molecule has 18 heavy (non-hydrogen) atoms. The molecule has 3 unspecified atom stereocenters. The van der Waals surface area contributed by atoms with Crippen molar-refractivity contribution >= 4 is 5.91 Å². The van der Waals surface area contributed by atoms with Crippen LogP contribution in [-0.4, -0.2) is 29.1 Å². The molecule has 0 aromatic heterocycles. The molecule has 1 aliphatic carbocycles. The highest BCUT2D eigenvalue weighted by Gasteiger charge is 2.41. The fraction of sp³-hybridized carbons (Fsp3) is 0.933. The molecule has 3 nitrogen and oxygen atoms in total. The van der Waals surface area contributed by atoms with Gasteiger partial charge in [0.05, 0.1) is 12.2 Å². The van der Waals surface area contributed by atoms with E-state index < -0.39 is 0 Å². The van der Waals surface area contributed by atoms with Crippen LogP contribution >= 0.6 is 0 Å². The zero-order valence-electron chi connectivity index (χ0n) is 12.3. The average Bonchev–Trinajstić information content (AvgIpc) is 3.05. The number of hydrogen-bond acceptors (Lipinski definition) is 2. The fourth-order valence-corrected chi connectivity index (χ4v) is 3.17. The van der Waals surface area contributed by atoms with Crippen LogP contribution in [0.3, 0.4) is 0 Å². The van der Waals surface area contributed by atoms with Gasteiger partial charge in [-0.25, -0.2) is 0 Å². The number of carbonyl (C=O) groups is 1. The molecule has 3 heteroatoms. The number of hydrogen-bond donors (Lipinski definition) is 1. The molecule has 1 amide bonds. The van der Waals surface area contributed by atoms with Crippen molar-refractivity contribution < 1.29 is 4.79 Å². The van der Waals surface area contributed by atoms with Crippen molar-refractivity contribution in [3.05, 3.63) is 0 Å². The maximum atomic E-state index is 12.5. The molecule has 1 heterocycles. The number of rotatable bonds is 6. The monoisotopic (exact) mass is 252 g/mol. The van der Waals surface area contributed by atoms with Crippen molar-refractivity contribution in [2.75, 3.05) is 0 Å². The summed E-state index contributed by atoms with van der Waals surface area (Å²) in [6.45, 7) is 8.71. The molecular weight excluding hydrogens is 224 g/mol. The predicted octanol–water partition coefficient (Wildman–Crippen LogP) is 2.76. The van der Waals surface area contributed by atoms with Gasteiger partial charge in [0.1, 0.15) is 0 Å². The fourth-order valence-electron chi connectivity index (χ4n) is 3.17. The summed E-state index contributed by atoms with van der Waals surface area (Å²) in [6.07, 6.45) is 6.21. The maximum Gasteiger partial charge on any atom is 0.241 e. The highest BCUT2D eigenvalue weighted by atomic mass is 16.2. The zero-order chi connectivity index (χ0) is 13.3. The third-order valence-electron chi connectivity index (χ3n) is 4.29. The third kappa shape index (κ3) is 3.05. The van der Waals surface area contributed by atoms with Gasteiger partial charge in [-0.2, -0.15) is 0 Å². The highest BCUT2D eigenvalue weighted by molar-refractivity contribution is 5.84. The van der Waals surface area contributed by atoms with Gasteiger partial charge in [0, 0.05) is 6.04 Å². The van der Waals surface area contributed by atoms with E-state index in [1.54, 1.807) is 0 Å². The van der Waals surface area contributed by atoms with E-state index >= 15 is 0 Å². The second-order valence-corrected chi connectivity index (χ2v) is 6.51. The van der Waals surface area contributed by atoms with Gasteiger partial charge >= 0.3 is 0 Å². The van der Waals surface area contributed by atoms with E-state index in [1.165, 1.54) is 19.3 Å². The van der Waals surface area contributed by atoms with Crippen molar-refractivity contribution in [1.29, 1.82) is 0 Å². The van der Waals surface area contributed by atoms with Gasteiger partial charge in [-0.1, -0.05) is 33.6 Å². The molecule has 1 N–H and O–H groups in total. The minimum atomic E-state index is 0.0493. The maximum absolute atomic E-state index is 12.5. The molecule has 3 atom stereocenters. The standard InChI is InChI=1S/C15H28N2O/c1-5-13(9-12-6-7-12)17-11(4)16-14(15(17)18)8-10(2)3/h10-14,16H,5-9H2,1-4H3. The second kappa shape index (κ2) is 5.60. The van der Waals surface area contributed by atoms with Crippen molar-refractivity contribution in [3.8, 4) is 0 Å². The van der Waals surface area contributed by atoms with Crippen LogP contribution in [0, 0.1) is 11.8 Å². The number of nitrogens with one attached hydrogen (secondary N) is 1. The van der Waals surface area contributed by atoms with E-state index in [4.69, 9.17) is 0 Å². The van der Waals surface area contributed by atoms with E-state index in [9.17, 15) is 4.79 Å². The van der Waals surface area contributed by atoms with E-state index in [1.807, 2.05) is 0 Å². The first-order valence-electron chi connectivity index (χ1n) is 7.61. The molecule has 104 valence electrons. The van der Waals surface area contributed by atoms with Crippen LogP contribution in [0.2, 0.25) is 0 Å². The van der Waals surface area contributed by atoms with Crippen molar-refractivity contribution in [3.63, 3.8) is 0 Å². The lowest BCUT2D eigenvalue weighted by molar-refractivity contribution is -0.132. The average molecular weight is 252 g/mol. The lowest BCUT2D eigenvalue weighted by atomic mass is 10.0. The molecule has 0 radical (unpaired) electrons. The number of amides is 1. The summed E-state index contributed by atoms with van der Waals surface area (Å²) in [6, 6.07) is 0.498. The van der Waals surface area contributed by atoms with Crippen molar-refractivity contribution in [1.82, 2.24) is 10.2 Å². The van der Waals surface area contributed by atoms with Gasteiger partial charge in [-0.3, -0.25) is 10.1 Å². The summed E-state index contributed by atoms with van der Waals surface area (Å²) < 4.78 is 0. The summed E-state index contributed by atoms with van der Waals surface area (Å²) in [7, 11) is 0. The molecule has 1 aliphatic heterocycles. The Balaban J connectivity index is 1.99. The molecule has 1 saturated carbocycles. The highest BCUT2D eigenvalue weighted by Crippen LogP contribution is 2.36. The van der Waals surface area contributed by atoms with Crippen LogP contribution in [0.15, 0.2) is 0 Å². The summed E-state index contributed by atoms with van der Waals surface area (Å²) in [5.41, 5.74) is 0. The van der Waals surface area contributed by atoms with Gasteiger partial charge in [0.25, 0.3) is 0 Å². The van der Waals surface area contributed by atoms with E-state index in [0.29, 0.717) is 17.9 Å². The van der Waals surface area contributed by atoms with Gasteiger partial charge in [-0.05, 0) is 38.0 Å². The quantitative estimate of drug-likeness (QED) is 0.788. The first-order valence-corrected chi connectivity index (χ1v) is 7.61. The van der Waals surface area contributed by atoms with Crippen LogP contribution in [0.25, 0.3) is 0 Å². The Labute approximate surface area is 111 Å². The zero-order valence-corrected chi connectivity index (χ0v) is 12.3. The first kappa shape index (κ1) is 13.9. The third-order valence-corrected chi connectivity index (χ3v) is 4.29. The molecule has 0 spiro atoms. The number of nitrogens with zero attached hydrogens (tertiary/aromatic N) is 1. The summed E-state index contributed by atoms with van der Waals surface area (Å²) in [5.74, 6) is 1.80. The normalized spacial score (nSPS) is 30.3. The van der Waals surface area contributed by atoms with Crippen LogP contribution in [0.5, 0.6) is 0 Å². The largest absolute Gasteiger partial charge is 0.323 e. The molecular formula is C15H28N2O. The van der Waals surface area contributed by atoms with Crippen molar-refractivity contribution in [2.45, 2.75) is 78.0 Å². The summed E-state index contributed by atoms with van der Waals surface area (Å²) in [4.78, 5) is 14.6. The SMILES string of the molecule is CCC(CC1CC1)N1C(=O)C(CC(C)C)NC1C. The summed E-state index contributed by atoms with van der Waals surface area (Å²) in [5, 5.41) is 3.47. The van der Waals surface area contributed by atoms with Crippen LogP contribution in [-0.2, 0) is 4.79 Å². The lowest BCUT2D eigenvalue weighted by Crippen LogP contribution is -2.43. The second-order valence-electron chi connectivity index (χ2n) is 6.51. The Morgan fingerprint density at radius 2 is 2.00 bits per heavy atom. The predicted molar refractivity (Wildman–Crippen MR) is 74.1 cm³/mol. The van der Waals surface area contributed by atoms with Gasteiger partial charge in [-0.15, -0.1) is 0 Å². The van der Waals surface area contributed by atoms with Gasteiger partial charge in [0.2, 0.25) is 5.91 Å². The molecule has 2 rings (SSSR count). The Morgan fingerprint density at radius 3 is 2.50 bits per heavy atom. The van der Waals surface area contributed by atoms with Crippen LogP contribution in [0.1, 0.15) is 59.8 Å². The van der Waals surface area contributed by atoms with Crippen molar-refractivity contribution in [2.24, 2.45) is 11.8 Å².